The fourth-order valence-corrected chi connectivity index (χ4v) is 0.984. The Morgan fingerprint density at radius 2 is 1.64 bits per heavy atom. The standard InChI is InChI=1S/C8H9Br.BrH.H3N/c1-2-7-3-5-8(9)6-4-7;;/h3-6H,2H2,1H3;1H;1H3. The lowest BCUT2D eigenvalue weighted by Gasteiger charge is -1.93. The lowest BCUT2D eigenvalue weighted by molar-refractivity contribution is 1.14. The van der Waals surface area contributed by atoms with Gasteiger partial charge in [0, 0.05) is 4.47 Å². The van der Waals surface area contributed by atoms with E-state index in [4.69, 9.17) is 0 Å². The van der Waals surface area contributed by atoms with Gasteiger partial charge < -0.3 is 6.15 Å². The van der Waals surface area contributed by atoms with E-state index in [0.717, 1.165) is 10.9 Å². The van der Waals surface area contributed by atoms with Crippen LogP contribution in [0.1, 0.15) is 12.5 Å². The summed E-state index contributed by atoms with van der Waals surface area (Å²) in [6.45, 7) is 2.16. The molecular weight excluding hydrogens is 270 g/mol. The molecule has 0 heterocycles. The van der Waals surface area contributed by atoms with Crippen molar-refractivity contribution in [1.29, 1.82) is 0 Å². The molecule has 0 aliphatic heterocycles. The molecule has 3 heteroatoms. The van der Waals surface area contributed by atoms with Gasteiger partial charge in [0.25, 0.3) is 0 Å². The Kier molecular flexibility index (Phi) is 8.51. The topological polar surface area (TPSA) is 35.0 Å². The van der Waals surface area contributed by atoms with Crippen LogP contribution in [0, 0.1) is 0 Å². The predicted octanol–water partition coefficient (Wildman–Crippen LogP) is 3.75. The van der Waals surface area contributed by atoms with Crippen molar-refractivity contribution in [2.75, 3.05) is 0 Å². The summed E-state index contributed by atoms with van der Waals surface area (Å²) in [7, 11) is 0. The summed E-state index contributed by atoms with van der Waals surface area (Å²) >= 11 is 3.37. The van der Waals surface area contributed by atoms with E-state index in [0.29, 0.717) is 0 Å². The molecule has 1 nitrogen and oxygen atoms in total. The van der Waals surface area contributed by atoms with Crippen LogP contribution in [0.4, 0.5) is 0 Å². The van der Waals surface area contributed by atoms with Gasteiger partial charge in [0.05, 0.1) is 0 Å². The zero-order chi connectivity index (χ0) is 6.69. The number of benzene rings is 1. The maximum atomic E-state index is 3.37. The van der Waals surface area contributed by atoms with E-state index in [-0.39, 0.29) is 23.1 Å². The fourth-order valence-electron chi connectivity index (χ4n) is 0.720. The van der Waals surface area contributed by atoms with Gasteiger partial charge in [-0.3, -0.25) is 0 Å². The predicted molar refractivity (Wildman–Crippen MR) is 58.9 cm³/mol. The van der Waals surface area contributed by atoms with Crippen molar-refractivity contribution in [3.8, 4) is 0 Å². The molecule has 0 spiro atoms. The minimum Gasteiger partial charge on any atom is -0.344 e. The number of aryl methyl sites for hydroxylation is 1. The molecule has 0 unspecified atom stereocenters. The van der Waals surface area contributed by atoms with Crippen LogP contribution in [-0.2, 0) is 6.42 Å². The van der Waals surface area contributed by atoms with Crippen molar-refractivity contribution in [2.45, 2.75) is 13.3 Å². The second-order valence-corrected chi connectivity index (χ2v) is 2.90. The first-order valence-corrected chi connectivity index (χ1v) is 3.86. The number of rotatable bonds is 1. The molecule has 0 aromatic heterocycles. The summed E-state index contributed by atoms with van der Waals surface area (Å²) in [5, 5.41) is 0. The lowest BCUT2D eigenvalue weighted by atomic mass is 10.2. The van der Waals surface area contributed by atoms with E-state index < -0.39 is 0 Å². The van der Waals surface area contributed by atoms with Gasteiger partial charge in [-0.15, -0.1) is 17.0 Å². The number of hydrogen-bond acceptors (Lipinski definition) is 1. The molecule has 1 rings (SSSR count). The average Bonchev–Trinajstić information content (AvgIpc) is 1.90. The highest BCUT2D eigenvalue weighted by Gasteiger charge is 1.86. The van der Waals surface area contributed by atoms with Crippen molar-refractivity contribution in [2.24, 2.45) is 0 Å². The normalized spacial score (nSPS) is 7.82. The molecular formula is C8H13Br2N. The van der Waals surface area contributed by atoms with E-state index in [2.05, 4.69) is 47.1 Å². The third-order valence-electron chi connectivity index (χ3n) is 1.32. The molecule has 11 heavy (non-hydrogen) atoms. The molecule has 0 amide bonds. The van der Waals surface area contributed by atoms with Crippen LogP contribution in [0.2, 0.25) is 0 Å². The second-order valence-electron chi connectivity index (χ2n) is 1.98. The molecule has 0 atom stereocenters. The van der Waals surface area contributed by atoms with E-state index in [1.807, 2.05) is 0 Å². The average molecular weight is 283 g/mol. The Hall–Kier alpha value is 0.140. The highest BCUT2D eigenvalue weighted by molar-refractivity contribution is 9.10. The summed E-state index contributed by atoms with van der Waals surface area (Å²) < 4.78 is 1.15. The van der Waals surface area contributed by atoms with Gasteiger partial charge in [-0.05, 0) is 24.1 Å². The van der Waals surface area contributed by atoms with Gasteiger partial charge >= 0.3 is 0 Å². The van der Waals surface area contributed by atoms with Crippen molar-refractivity contribution in [1.82, 2.24) is 6.15 Å². The van der Waals surface area contributed by atoms with Gasteiger partial charge in [-0.25, -0.2) is 0 Å². The van der Waals surface area contributed by atoms with Crippen LogP contribution in [0.5, 0.6) is 0 Å². The van der Waals surface area contributed by atoms with Crippen molar-refractivity contribution in [3.63, 3.8) is 0 Å². The molecule has 3 N–H and O–H groups in total. The monoisotopic (exact) mass is 281 g/mol. The van der Waals surface area contributed by atoms with Crippen LogP contribution in [0.3, 0.4) is 0 Å². The summed E-state index contributed by atoms with van der Waals surface area (Å²) in [5.41, 5.74) is 1.39. The molecule has 0 bridgehead atoms. The molecule has 0 fully saturated rings. The van der Waals surface area contributed by atoms with Crippen molar-refractivity contribution >= 4 is 32.9 Å². The molecule has 0 saturated carbocycles. The minimum atomic E-state index is 0. The van der Waals surface area contributed by atoms with E-state index in [9.17, 15) is 0 Å². The smallest absolute Gasteiger partial charge is 0.0175 e. The second kappa shape index (κ2) is 6.83. The van der Waals surface area contributed by atoms with Crippen molar-refractivity contribution < 1.29 is 0 Å². The maximum absolute atomic E-state index is 3.37. The van der Waals surface area contributed by atoms with Crippen LogP contribution < -0.4 is 6.15 Å². The Morgan fingerprint density at radius 3 is 2.00 bits per heavy atom. The summed E-state index contributed by atoms with van der Waals surface area (Å²) in [6, 6.07) is 8.39. The first-order chi connectivity index (χ1) is 4.33. The van der Waals surface area contributed by atoms with Crippen LogP contribution in [-0.4, -0.2) is 0 Å². The highest BCUT2D eigenvalue weighted by atomic mass is 79.9. The first kappa shape index (κ1) is 13.7. The van der Waals surface area contributed by atoms with Gasteiger partial charge in [-0.1, -0.05) is 35.0 Å². The third kappa shape index (κ3) is 4.56. The molecule has 1 aromatic rings. The zero-order valence-corrected chi connectivity index (χ0v) is 9.81. The SMILES string of the molecule is Br.CCc1ccc(Br)cc1.N. The molecule has 1 aromatic carbocycles. The molecule has 0 aliphatic rings. The lowest BCUT2D eigenvalue weighted by Crippen LogP contribution is -1.75. The maximum Gasteiger partial charge on any atom is 0.0175 e. The van der Waals surface area contributed by atoms with Gasteiger partial charge in [0.2, 0.25) is 0 Å². The quantitative estimate of drug-likeness (QED) is 0.836. The Morgan fingerprint density at radius 1 is 1.18 bits per heavy atom. The van der Waals surface area contributed by atoms with E-state index in [1.165, 1.54) is 5.56 Å². The number of halogens is 2. The van der Waals surface area contributed by atoms with Gasteiger partial charge in [0.15, 0.2) is 0 Å². The Balaban J connectivity index is 0. The summed E-state index contributed by atoms with van der Waals surface area (Å²) in [4.78, 5) is 0. The van der Waals surface area contributed by atoms with Crippen LogP contribution >= 0.6 is 32.9 Å². The molecule has 0 saturated heterocycles. The third-order valence-corrected chi connectivity index (χ3v) is 1.85. The molecule has 0 aliphatic carbocycles. The summed E-state index contributed by atoms with van der Waals surface area (Å²) in [5.74, 6) is 0. The molecule has 64 valence electrons. The van der Waals surface area contributed by atoms with Crippen LogP contribution in [0.15, 0.2) is 28.7 Å². The molecule has 0 radical (unpaired) electrons. The van der Waals surface area contributed by atoms with E-state index >= 15 is 0 Å². The Labute approximate surface area is 86.7 Å². The fraction of sp³-hybridized carbons (Fsp3) is 0.250. The Bertz CT molecular complexity index is 184. The van der Waals surface area contributed by atoms with Gasteiger partial charge in [-0.2, -0.15) is 0 Å². The largest absolute Gasteiger partial charge is 0.344 e. The van der Waals surface area contributed by atoms with E-state index in [1.54, 1.807) is 0 Å². The van der Waals surface area contributed by atoms with Gasteiger partial charge in [0.1, 0.15) is 0 Å². The zero-order valence-electron chi connectivity index (χ0n) is 6.51. The summed E-state index contributed by atoms with van der Waals surface area (Å²) in [6.07, 6.45) is 1.12. The van der Waals surface area contributed by atoms with Crippen LogP contribution in [0.25, 0.3) is 0 Å². The highest BCUT2D eigenvalue weighted by Crippen LogP contribution is 2.10. The first-order valence-electron chi connectivity index (χ1n) is 3.07. The van der Waals surface area contributed by atoms with Crippen molar-refractivity contribution in [3.05, 3.63) is 34.3 Å². The number of hydrogen-bond donors (Lipinski definition) is 1. The minimum absolute atomic E-state index is 0.